The van der Waals surface area contributed by atoms with Crippen molar-refractivity contribution in [3.8, 4) is 0 Å². The SMILES string of the molecule is CC(=O)c1cccc2cc(C)ccc12. The Labute approximate surface area is 83.4 Å². The largest absolute Gasteiger partial charge is 0.294 e. The van der Waals surface area contributed by atoms with E-state index in [0.717, 1.165) is 16.3 Å². The first-order chi connectivity index (χ1) is 6.68. The number of rotatable bonds is 1. The molecule has 1 heteroatoms. The van der Waals surface area contributed by atoms with E-state index in [0.29, 0.717) is 0 Å². The number of hydrogen-bond acceptors (Lipinski definition) is 1. The highest BCUT2D eigenvalue weighted by atomic mass is 16.1. The van der Waals surface area contributed by atoms with Crippen molar-refractivity contribution in [2.45, 2.75) is 13.8 Å². The minimum Gasteiger partial charge on any atom is -0.294 e. The minimum absolute atomic E-state index is 0.124. The minimum atomic E-state index is 0.124. The van der Waals surface area contributed by atoms with Gasteiger partial charge in [-0.25, -0.2) is 0 Å². The third kappa shape index (κ3) is 1.41. The number of benzene rings is 2. The van der Waals surface area contributed by atoms with Crippen molar-refractivity contribution in [2.75, 3.05) is 0 Å². The quantitative estimate of drug-likeness (QED) is 0.621. The maximum atomic E-state index is 11.3. The molecule has 0 unspecified atom stereocenters. The monoisotopic (exact) mass is 184 g/mol. The Balaban J connectivity index is 2.81. The first kappa shape index (κ1) is 8.95. The van der Waals surface area contributed by atoms with E-state index in [4.69, 9.17) is 0 Å². The fourth-order valence-electron chi connectivity index (χ4n) is 1.71. The summed E-state index contributed by atoms with van der Waals surface area (Å²) in [5.74, 6) is 0.124. The van der Waals surface area contributed by atoms with Gasteiger partial charge in [0.2, 0.25) is 0 Å². The van der Waals surface area contributed by atoms with Gasteiger partial charge >= 0.3 is 0 Å². The van der Waals surface area contributed by atoms with E-state index in [1.807, 2.05) is 30.3 Å². The predicted octanol–water partition coefficient (Wildman–Crippen LogP) is 3.35. The van der Waals surface area contributed by atoms with E-state index in [-0.39, 0.29) is 5.78 Å². The molecule has 0 saturated heterocycles. The second kappa shape index (κ2) is 3.26. The highest BCUT2D eigenvalue weighted by Gasteiger charge is 2.04. The van der Waals surface area contributed by atoms with Gasteiger partial charge in [0, 0.05) is 5.56 Å². The van der Waals surface area contributed by atoms with Gasteiger partial charge in [0.05, 0.1) is 0 Å². The highest BCUT2D eigenvalue weighted by Crippen LogP contribution is 2.20. The van der Waals surface area contributed by atoms with Crippen molar-refractivity contribution in [3.05, 3.63) is 47.5 Å². The normalized spacial score (nSPS) is 10.4. The van der Waals surface area contributed by atoms with Crippen LogP contribution in [-0.4, -0.2) is 5.78 Å². The standard InChI is InChI=1S/C13H12O/c1-9-6-7-13-11(8-9)4-3-5-12(13)10(2)14/h3-8H,1-2H3. The fourth-order valence-corrected chi connectivity index (χ4v) is 1.71. The molecule has 0 fully saturated rings. The van der Waals surface area contributed by atoms with Crippen LogP contribution in [0.4, 0.5) is 0 Å². The fraction of sp³-hybridized carbons (Fsp3) is 0.154. The van der Waals surface area contributed by atoms with Crippen LogP contribution in [0.25, 0.3) is 10.8 Å². The number of hydrogen-bond donors (Lipinski definition) is 0. The molecule has 1 nitrogen and oxygen atoms in total. The molecular formula is C13H12O. The van der Waals surface area contributed by atoms with E-state index in [1.54, 1.807) is 6.92 Å². The molecule has 0 amide bonds. The summed E-state index contributed by atoms with van der Waals surface area (Å²) in [5.41, 5.74) is 2.03. The van der Waals surface area contributed by atoms with E-state index < -0.39 is 0 Å². The maximum Gasteiger partial charge on any atom is 0.160 e. The molecule has 0 aliphatic carbocycles. The molecule has 14 heavy (non-hydrogen) atoms. The van der Waals surface area contributed by atoms with Crippen LogP contribution in [0, 0.1) is 6.92 Å². The molecule has 0 saturated carbocycles. The van der Waals surface area contributed by atoms with E-state index in [1.165, 1.54) is 5.56 Å². The summed E-state index contributed by atoms with van der Waals surface area (Å²) >= 11 is 0. The lowest BCUT2D eigenvalue weighted by Gasteiger charge is -2.03. The summed E-state index contributed by atoms with van der Waals surface area (Å²) in [5, 5.41) is 2.18. The maximum absolute atomic E-state index is 11.3. The number of carbonyl (C=O) groups excluding carboxylic acids is 1. The van der Waals surface area contributed by atoms with Crippen molar-refractivity contribution >= 4 is 16.6 Å². The van der Waals surface area contributed by atoms with Gasteiger partial charge in [0.15, 0.2) is 5.78 Å². The average Bonchev–Trinajstić information content (AvgIpc) is 2.16. The van der Waals surface area contributed by atoms with Gasteiger partial charge in [-0.1, -0.05) is 42.0 Å². The van der Waals surface area contributed by atoms with Crippen molar-refractivity contribution in [1.82, 2.24) is 0 Å². The second-order valence-electron chi connectivity index (χ2n) is 3.59. The van der Waals surface area contributed by atoms with Gasteiger partial charge in [0.1, 0.15) is 0 Å². The molecule has 2 rings (SSSR count). The van der Waals surface area contributed by atoms with Crippen LogP contribution < -0.4 is 0 Å². The Morgan fingerprint density at radius 3 is 2.64 bits per heavy atom. The van der Waals surface area contributed by atoms with Gasteiger partial charge in [-0.15, -0.1) is 0 Å². The lowest BCUT2D eigenvalue weighted by atomic mass is 10.0. The second-order valence-corrected chi connectivity index (χ2v) is 3.59. The van der Waals surface area contributed by atoms with Gasteiger partial charge in [-0.05, 0) is 24.6 Å². The molecule has 0 aliphatic rings. The highest BCUT2D eigenvalue weighted by molar-refractivity contribution is 6.07. The van der Waals surface area contributed by atoms with Crippen LogP contribution in [0.1, 0.15) is 22.8 Å². The molecule has 0 heterocycles. The summed E-state index contributed by atoms with van der Waals surface area (Å²) < 4.78 is 0. The average molecular weight is 184 g/mol. The topological polar surface area (TPSA) is 17.1 Å². The summed E-state index contributed by atoms with van der Waals surface area (Å²) in [6, 6.07) is 12.0. The molecular weight excluding hydrogens is 172 g/mol. The Bertz CT molecular complexity index is 498. The summed E-state index contributed by atoms with van der Waals surface area (Å²) in [4.78, 5) is 11.3. The molecule has 0 radical (unpaired) electrons. The number of aryl methyl sites for hydroxylation is 1. The molecule has 0 N–H and O–H groups in total. The summed E-state index contributed by atoms with van der Waals surface area (Å²) in [6.07, 6.45) is 0. The van der Waals surface area contributed by atoms with Crippen molar-refractivity contribution < 1.29 is 4.79 Å². The van der Waals surface area contributed by atoms with Gasteiger partial charge in [-0.3, -0.25) is 4.79 Å². The lowest BCUT2D eigenvalue weighted by molar-refractivity contribution is 0.101. The lowest BCUT2D eigenvalue weighted by Crippen LogP contribution is -1.93. The predicted molar refractivity (Wildman–Crippen MR) is 58.7 cm³/mol. The van der Waals surface area contributed by atoms with E-state index in [2.05, 4.69) is 13.0 Å². The Kier molecular flexibility index (Phi) is 2.08. The first-order valence-electron chi connectivity index (χ1n) is 4.69. The molecule has 0 aromatic heterocycles. The summed E-state index contributed by atoms with van der Waals surface area (Å²) in [7, 11) is 0. The zero-order chi connectivity index (χ0) is 10.1. The van der Waals surface area contributed by atoms with Crippen molar-refractivity contribution in [3.63, 3.8) is 0 Å². The van der Waals surface area contributed by atoms with Crippen molar-refractivity contribution in [2.24, 2.45) is 0 Å². The smallest absolute Gasteiger partial charge is 0.160 e. The molecule has 70 valence electrons. The van der Waals surface area contributed by atoms with Crippen molar-refractivity contribution in [1.29, 1.82) is 0 Å². The Morgan fingerprint density at radius 2 is 1.93 bits per heavy atom. The van der Waals surface area contributed by atoms with E-state index >= 15 is 0 Å². The molecule has 0 atom stereocenters. The number of ketones is 1. The zero-order valence-corrected chi connectivity index (χ0v) is 8.37. The van der Waals surface area contributed by atoms with Gasteiger partial charge in [-0.2, -0.15) is 0 Å². The zero-order valence-electron chi connectivity index (χ0n) is 8.37. The van der Waals surface area contributed by atoms with Gasteiger partial charge in [0.25, 0.3) is 0 Å². The number of Topliss-reactive ketones (excluding diaryl/α,β-unsaturated/α-hetero) is 1. The van der Waals surface area contributed by atoms with Crippen LogP contribution in [0.3, 0.4) is 0 Å². The van der Waals surface area contributed by atoms with Crippen LogP contribution in [0.15, 0.2) is 36.4 Å². The number of carbonyl (C=O) groups is 1. The molecule has 0 bridgehead atoms. The number of fused-ring (bicyclic) bond motifs is 1. The Morgan fingerprint density at radius 1 is 1.14 bits per heavy atom. The van der Waals surface area contributed by atoms with Gasteiger partial charge < -0.3 is 0 Å². The molecule has 0 spiro atoms. The van der Waals surface area contributed by atoms with Crippen LogP contribution >= 0.6 is 0 Å². The Hall–Kier alpha value is -1.63. The van der Waals surface area contributed by atoms with Crippen LogP contribution in [0.2, 0.25) is 0 Å². The van der Waals surface area contributed by atoms with Crippen LogP contribution in [-0.2, 0) is 0 Å². The third-order valence-corrected chi connectivity index (χ3v) is 2.42. The third-order valence-electron chi connectivity index (χ3n) is 2.42. The molecule has 2 aromatic rings. The van der Waals surface area contributed by atoms with E-state index in [9.17, 15) is 4.79 Å². The molecule has 2 aromatic carbocycles. The summed E-state index contributed by atoms with van der Waals surface area (Å²) in [6.45, 7) is 3.66. The molecule has 0 aliphatic heterocycles. The first-order valence-corrected chi connectivity index (χ1v) is 4.69. The van der Waals surface area contributed by atoms with Crippen LogP contribution in [0.5, 0.6) is 0 Å².